The van der Waals surface area contributed by atoms with Gasteiger partial charge in [0.15, 0.2) is 0 Å². The second kappa shape index (κ2) is 5.53. The quantitative estimate of drug-likeness (QED) is 0.920. The number of hydrogen-bond acceptors (Lipinski definition) is 2. The lowest BCUT2D eigenvalue weighted by atomic mass is 10.0. The highest BCUT2D eigenvalue weighted by atomic mass is 19.1. The van der Waals surface area contributed by atoms with Crippen molar-refractivity contribution in [2.45, 2.75) is 39.8 Å². The molecule has 1 aromatic carbocycles. The van der Waals surface area contributed by atoms with Crippen molar-refractivity contribution in [1.29, 1.82) is 0 Å². The number of aromatic nitrogens is 2. The summed E-state index contributed by atoms with van der Waals surface area (Å²) in [6.45, 7) is 6.43. The van der Waals surface area contributed by atoms with Gasteiger partial charge in [-0.3, -0.25) is 4.68 Å². The number of aryl methyl sites for hydroxylation is 3. The predicted octanol–water partition coefficient (Wildman–Crippen LogP) is 2.94. The molecule has 0 radical (unpaired) electrons. The van der Waals surface area contributed by atoms with Crippen LogP contribution in [-0.4, -0.2) is 14.9 Å². The minimum atomic E-state index is -0.638. The van der Waals surface area contributed by atoms with Crippen LogP contribution in [0.3, 0.4) is 0 Å². The fraction of sp³-hybridized carbons (Fsp3) is 0.400. The van der Waals surface area contributed by atoms with Gasteiger partial charge in [-0.1, -0.05) is 12.1 Å². The molecule has 0 saturated carbocycles. The summed E-state index contributed by atoms with van der Waals surface area (Å²) in [6.07, 6.45) is -0.152. The van der Waals surface area contributed by atoms with E-state index in [9.17, 15) is 9.50 Å². The van der Waals surface area contributed by atoms with Gasteiger partial charge >= 0.3 is 0 Å². The Bertz CT molecular complexity index is 578. The molecule has 1 heterocycles. The van der Waals surface area contributed by atoms with E-state index in [1.54, 1.807) is 19.1 Å². The Kier molecular flexibility index (Phi) is 4.00. The van der Waals surface area contributed by atoms with Crippen molar-refractivity contribution in [3.8, 4) is 0 Å². The summed E-state index contributed by atoms with van der Waals surface area (Å²) in [7, 11) is 0. The van der Waals surface area contributed by atoms with E-state index in [-0.39, 0.29) is 5.82 Å². The first-order valence-electron chi connectivity index (χ1n) is 6.48. The van der Waals surface area contributed by atoms with Crippen LogP contribution in [0.4, 0.5) is 4.39 Å². The molecule has 4 heteroatoms. The van der Waals surface area contributed by atoms with Gasteiger partial charge in [-0.05, 0) is 44.0 Å². The number of halogens is 1. The number of aliphatic hydroxyl groups is 1. The van der Waals surface area contributed by atoms with Gasteiger partial charge in [0.2, 0.25) is 0 Å². The van der Waals surface area contributed by atoms with Gasteiger partial charge in [-0.15, -0.1) is 0 Å². The minimum Gasteiger partial charge on any atom is -0.388 e. The third kappa shape index (κ3) is 3.01. The Morgan fingerprint density at radius 1 is 1.32 bits per heavy atom. The normalized spacial score (nSPS) is 12.7. The first-order valence-corrected chi connectivity index (χ1v) is 6.48. The van der Waals surface area contributed by atoms with Crippen LogP contribution in [0.2, 0.25) is 0 Å². The molecule has 102 valence electrons. The van der Waals surface area contributed by atoms with Gasteiger partial charge in [0.1, 0.15) is 5.82 Å². The van der Waals surface area contributed by atoms with E-state index in [4.69, 9.17) is 0 Å². The largest absolute Gasteiger partial charge is 0.388 e. The Morgan fingerprint density at radius 3 is 2.68 bits per heavy atom. The summed E-state index contributed by atoms with van der Waals surface area (Å²) in [5, 5.41) is 14.6. The number of rotatable bonds is 4. The molecule has 1 unspecified atom stereocenters. The van der Waals surface area contributed by atoms with Crippen LogP contribution >= 0.6 is 0 Å². The molecule has 0 saturated heterocycles. The van der Waals surface area contributed by atoms with E-state index in [2.05, 4.69) is 5.10 Å². The van der Waals surface area contributed by atoms with Crippen molar-refractivity contribution in [3.63, 3.8) is 0 Å². The molecule has 2 aromatic rings. The molecule has 0 aliphatic rings. The maximum absolute atomic E-state index is 13.2. The molecule has 0 fully saturated rings. The lowest BCUT2D eigenvalue weighted by Crippen LogP contribution is -2.08. The van der Waals surface area contributed by atoms with Crippen LogP contribution in [0.15, 0.2) is 24.3 Å². The topological polar surface area (TPSA) is 38.0 Å². The molecule has 1 atom stereocenters. The van der Waals surface area contributed by atoms with Crippen LogP contribution < -0.4 is 0 Å². The number of nitrogens with zero attached hydrogens (tertiary/aromatic N) is 2. The molecular weight excluding hydrogens is 243 g/mol. The summed E-state index contributed by atoms with van der Waals surface area (Å²) in [5.41, 5.74) is 3.23. The molecule has 2 rings (SSSR count). The van der Waals surface area contributed by atoms with Crippen LogP contribution in [0, 0.1) is 19.7 Å². The van der Waals surface area contributed by atoms with E-state index in [1.807, 2.05) is 24.6 Å². The molecule has 0 amide bonds. The predicted molar refractivity (Wildman–Crippen MR) is 72.4 cm³/mol. The zero-order valence-corrected chi connectivity index (χ0v) is 11.5. The van der Waals surface area contributed by atoms with Crippen molar-refractivity contribution in [1.82, 2.24) is 9.78 Å². The highest BCUT2D eigenvalue weighted by Gasteiger charge is 2.13. The van der Waals surface area contributed by atoms with Gasteiger partial charge in [-0.2, -0.15) is 5.10 Å². The first-order chi connectivity index (χ1) is 9.01. The SMILES string of the molecule is CCn1nc(C)cc1CC(O)c1ccc(F)c(C)c1. The average molecular weight is 262 g/mol. The molecule has 0 aliphatic carbocycles. The molecule has 1 N–H and O–H groups in total. The maximum atomic E-state index is 13.2. The summed E-state index contributed by atoms with van der Waals surface area (Å²) in [5.74, 6) is -0.245. The molecule has 0 spiro atoms. The number of hydrogen-bond donors (Lipinski definition) is 1. The van der Waals surface area contributed by atoms with Crippen LogP contribution in [0.5, 0.6) is 0 Å². The second-order valence-electron chi connectivity index (χ2n) is 4.82. The summed E-state index contributed by atoms with van der Waals surface area (Å²) < 4.78 is 15.1. The van der Waals surface area contributed by atoms with E-state index in [1.165, 1.54) is 6.07 Å². The summed E-state index contributed by atoms with van der Waals surface area (Å²) >= 11 is 0. The Hall–Kier alpha value is -1.68. The van der Waals surface area contributed by atoms with Crippen molar-refractivity contribution in [2.24, 2.45) is 0 Å². The van der Waals surface area contributed by atoms with Crippen molar-refractivity contribution in [2.75, 3.05) is 0 Å². The van der Waals surface area contributed by atoms with E-state index in [0.29, 0.717) is 12.0 Å². The third-order valence-corrected chi connectivity index (χ3v) is 3.25. The van der Waals surface area contributed by atoms with Gasteiger partial charge in [0, 0.05) is 18.7 Å². The molecule has 1 aromatic heterocycles. The third-order valence-electron chi connectivity index (χ3n) is 3.25. The van der Waals surface area contributed by atoms with Crippen molar-refractivity contribution >= 4 is 0 Å². The lowest BCUT2D eigenvalue weighted by molar-refractivity contribution is 0.175. The van der Waals surface area contributed by atoms with Crippen LogP contribution in [0.25, 0.3) is 0 Å². The molecule has 0 aliphatic heterocycles. The molecule has 3 nitrogen and oxygen atoms in total. The van der Waals surface area contributed by atoms with Gasteiger partial charge in [0.05, 0.1) is 11.8 Å². The van der Waals surface area contributed by atoms with E-state index >= 15 is 0 Å². The van der Waals surface area contributed by atoms with Gasteiger partial charge < -0.3 is 5.11 Å². The van der Waals surface area contributed by atoms with E-state index < -0.39 is 6.10 Å². The summed E-state index contributed by atoms with van der Waals surface area (Å²) in [4.78, 5) is 0. The van der Waals surface area contributed by atoms with Crippen molar-refractivity contribution < 1.29 is 9.50 Å². The minimum absolute atomic E-state index is 0.245. The Labute approximate surface area is 112 Å². The zero-order chi connectivity index (χ0) is 14.0. The first kappa shape index (κ1) is 13.7. The monoisotopic (exact) mass is 262 g/mol. The Balaban J connectivity index is 2.20. The smallest absolute Gasteiger partial charge is 0.126 e. The molecule has 19 heavy (non-hydrogen) atoms. The fourth-order valence-corrected chi connectivity index (χ4v) is 2.23. The van der Waals surface area contributed by atoms with Crippen molar-refractivity contribution in [3.05, 3.63) is 52.6 Å². The number of benzene rings is 1. The molecule has 0 bridgehead atoms. The lowest BCUT2D eigenvalue weighted by Gasteiger charge is -2.13. The van der Waals surface area contributed by atoms with Crippen LogP contribution in [0.1, 0.15) is 35.5 Å². The maximum Gasteiger partial charge on any atom is 0.126 e. The van der Waals surface area contributed by atoms with Gasteiger partial charge in [0.25, 0.3) is 0 Å². The second-order valence-corrected chi connectivity index (χ2v) is 4.82. The fourth-order valence-electron chi connectivity index (χ4n) is 2.23. The Morgan fingerprint density at radius 2 is 2.05 bits per heavy atom. The van der Waals surface area contributed by atoms with E-state index in [0.717, 1.165) is 23.5 Å². The van der Waals surface area contributed by atoms with Crippen LogP contribution in [-0.2, 0) is 13.0 Å². The standard InChI is InChI=1S/C15H19FN2O/c1-4-18-13(8-11(3)17-18)9-15(19)12-5-6-14(16)10(2)7-12/h5-8,15,19H,4,9H2,1-3H3. The van der Waals surface area contributed by atoms with Gasteiger partial charge in [-0.25, -0.2) is 4.39 Å². The highest BCUT2D eigenvalue weighted by molar-refractivity contribution is 5.26. The highest BCUT2D eigenvalue weighted by Crippen LogP contribution is 2.21. The average Bonchev–Trinajstić information content (AvgIpc) is 2.72. The number of aliphatic hydroxyl groups excluding tert-OH is 1. The molecular formula is C15H19FN2O. The summed E-state index contributed by atoms with van der Waals surface area (Å²) in [6, 6.07) is 6.70. The zero-order valence-electron chi connectivity index (χ0n) is 11.5.